The normalized spacial score (nSPS) is 17.7. The Labute approximate surface area is 146 Å². The molecule has 1 aromatic heterocycles. The van der Waals surface area contributed by atoms with Crippen molar-refractivity contribution in [2.24, 2.45) is 0 Å². The average Bonchev–Trinajstić information content (AvgIpc) is 3.17. The molecule has 1 aliphatic heterocycles. The molecule has 0 saturated carbocycles. The Morgan fingerprint density at radius 1 is 1.24 bits per heavy atom. The van der Waals surface area contributed by atoms with Crippen LogP contribution in [-0.2, 0) is 9.53 Å². The molecule has 2 N–H and O–H groups in total. The van der Waals surface area contributed by atoms with Crippen molar-refractivity contribution in [2.75, 3.05) is 11.9 Å². The second-order valence-electron chi connectivity index (χ2n) is 6.02. The molecule has 2 aromatic rings. The highest BCUT2D eigenvalue weighted by Crippen LogP contribution is 2.17. The zero-order valence-corrected chi connectivity index (χ0v) is 14.1. The molecule has 0 spiro atoms. The number of benzene rings is 1. The Morgan fingerprint density at radius 2 is 2.12 bits per heavy atom. The van der Waals surface area contributed by atoms with E-state index in [-0.39, 0.29) is 17.9 Å². The van der Waals surface area contributed by atoms with Crippen LogP contribution < -0.4 is 10.6 Å². The third kappa shape index (κ3) is 4.42. The predicted octanol–water partition coefficient (Wildman–Crippen LogP) is 2.69. The first-order valence-electron chi connectivity index (χ1n) is 8.38. The van der Waals surface area contributed by atoms with Crippen molar-refractivity contribution in [2.45, 2.75) is 31.9 Å². The van der Waals surface area contributed by atoms with Gasteiger partial charge in [0, 0.05) is 24.1 Å². The molecular weight excluding hydrogens is 318 g/mol. The van der Waals surface area contributed by atoms with Crippen LogP contribution in [-0.4, -0.2) is 29.5 Å². The molecule has 1 aromatic carbocycles. The molecule has 2 amide bonds. The average molecular weight is 339 g/mol. The lowest BCUT2D eigenvalue weighted by molar-refractivity contribution is -0.124. The van der Waals surface area contributed by atoms with Crippen LogP contribution in [0.25, 0.3) is 0 Å². The summed E-state index contributed by atoms with van der Waals surface area (Å²) in [5.41, 5.74) is 1.85. The molecule has 25 heavy (non-hydrogen) atoms. The van der Waals surface area contributed by atoms with Crippen LogP contribution in [0, 0.1) is 0 Å². The van der Waals surface area contributed by atoms with E-state index in [0.717, 1.165) is 18.5 Å². The van der Waals surface area contributed by atoms with E-state index in [1.54, 1.807) is 30.5 Å². The number of ether oxygens (including phenoxy) is 1. The Bertz CT molecular complexity index is 743. The number of nitrogens with zero attached hydrogens (tertiary/aromatic N) is 1. The summed E-state index contributed by atoms with van der Waals surface area (Å²) in [6, 6.07) is 12.2. The molecule has 130 valence electrons. The molecule has 6 heteroatoms. The van der Waals surface area contributed by atoms with Gasteiger partial charge in [0.15, 0.2) is 0 Å². The topological polar surface area (TPSA) is 80.3 Å². The van der Waals surface area contributed by atoms with Gasteiger partial charge in [0.05, 0.1) is 11.7 Å². The monoisotopic (exact) mass is 339 g/mol. The zero-order valence-electron chi connectivity index (χ0n) is 14.1. The molecular formula is C19H21N3O3. The summed E-state index contributed by atoms with van der Waals surface area (Å²) in [6.45, 7) is 2.50. The van der Waals surface area contributed by atoms with E-state index in [1.807, 2.05) is 25.1 Å². The first kappa shape index (κ1) is 17.1. The molecule has 2 unspecified atom stereocenters. The number of carbonyl (C=O) groups is 2. The summed E-state index contributed by atoms with van der Waals surface area (Å²) in [5, 5.41) is 5.72. The fourth-order valence-corrected chi connectivity index (χ4v) is 2.73. The maximum atomic E-state index is 12.4. The Hall–Kier alpha value is -2.73. The van der Waals surface area contributed by atoms with Crippen LogP contribution in [0.15, 0.2) is 48.7 Å². The minimum atomic E-state index is -0.401. The third-order valence-corrected chi connectivity index (χ3v) is 4.09. The van der Waals surface area contributed by atoms with Crippen molar-refractivity contribution in [3.63, 3.8) is 0 Å². The Balaban J connectivity index is 1.64. The van der Waals surface area contributed by atoms with Gasteiger partial charge < -0.3 is 15.4 Å². The largest absolute Gasteiger partial charge is 0.368 e. The van der Waals surface area contributed by atoms with Gasteiger partial charge in [-0.15, -0.1) is 0 Å². The number of carbonyl (C=O) groups excluding carboxylic acids is 2. The van der Waals surface area contributed by atoms with Crippen molar-refractivity contribution in [3.05, 3.63) is 59.9 Å². The standard InChI is InChI=1S/C19H21N3O3/c1-13(16-8-2-3-10-20-16)21-18(23)14-6-4-7-15(12-14)22-19(24)17-9-5-11-25-17/h2-4,6-8,10,12-13,17H,5,9,11H2,1H3,(H,21,23)(H,22,24). The van der Waals surface area contributed by atoms with E-state index in [2.05, 4.69) is 15.6 Å². The van der Waals surface area contributed by atoms with Crippen LogP contribution in [0.5, 0.6) is 0 Å². The number of hydrogen-bond acceptors (Lipinski definition) is 4. The van der Waals surface area contributed by atoms with Crippen LogP contribution >= 0.6 is 0 Å². The van der Waals surface area contributed by atoms with Crippen molar-refractivity contribution in [1.82, 2.24) is 10.3 Å². The summed E-state index contributed by atoms with van der Waals surface area (Å²) in [4.78, 5) is 28.8. The zero-order chi connectivity index (χ0) is 17.6. The van der Waals surface area contributed by atoms with Gasteiger partial charge in [-0.1, -0.05) is 12.1 Å². The fourth-order valence-electron chi connectivity index (χ4n) is 2.73. The molecule has 3 rings (SSSR count). The van der Waals surface area contributed by atoms with Gasteiger partial charge in [0.25, 0.3) is 11.8 Å². The van der Waals surface area contributed by atoms with Crippen molar-refractivity contribution >= 4 is 17.5 Å². The van der Waals surface area contributed by atoms with Crippen LogP contribution in [0.2, 0.25) is 0 Å². The van der Waals surface area contributed by atoms with Crippen molar-refractivity contribution < 1.29 is 14.3 Å². The maximum absolute atomic E-state index is 12.4. The van der Waals surface area contributed by atoms with Gasteiger partial charge in [-0.3, -0.25) is 14.6 Å². The second-order valence-corrected chi connectivity index (χ2v) is 6.02. The van der Waals surface area contributed by atoms with Crippen molar-refractivity contribution in [3.8, 4) is 0 Å². The molecule has 0 bridgehead atoms. The number of amides is 2. The molecule has 1 saturated heterocycles. The quantitative estimate of drug-likeness (QED) is 0.878. The van der Waals surface area contributed by atoms with Crippen molar-refractivity contribution in [1.29, 1.82) is 0 Å². The van der Waals surface area contributed by atoms with Gasteiger partial charge in [-0.2, -0.15) is 0 Å². The van der Waals surface area contributed by atoms with E-state index >= 15 is 0 Å². The molecule has 1 aliphatic rings. The van der Waals surface area contributed by atoms with Crippen LogP contribution in [0.4, 0.5) is 5.69 Å². The number of anilines is 1. The SMILES string of the molecule is CC(NC(=O)c1cccc(NC(=O)C2CCCO2)c1)c1ccccn1. The van der Waals surface area contributed by atoms with Crippen LogP contribution in [0.3, 0.4) is 0 Å². The Kier molecular flexibility index (Phi) is 5.40. The molecule has 6 nitrogen and oxygen atoms in total. The van der Waals surface area contributed by atoms with Gasteiger partial charge in [-0.05, 0) is 50.1 Å². The highest BCUT2D eigenvalue weighted by molar-refractivity contribution is 5.98. The second kappa shape index (κ2) is 7.90. The van der Waals surface area contributed by atoms with E-state index in [0.29, 0.717) is 17.9 Å². The van der Waals surface area contributed by atoms with E-state index in [9.17, 15) is 9.59 Å². The van der Waals surface area contributed by atoms with Gasteiger partial charge in [0.1, 0.15) is 6.10 Å². The number of aromatic nitrogens is 1. The Morgan fingerprint density at radius 3 is 2.84 bits per heavy atom. The van der Waals surface area contributed by atoms with Gasteiger partial charge in [-0.25, -0.2) is 0 Å². The first-order valence-corrected chi connectivity index (χ1v) is 8.38. The molecule has 1 fully saturated rings. The fraction of sp³-hybridized carbons (Fsp3) is 0.316. The number of hydrogen-bond donors (Lipinski definition) is 2. The molecule has 0 radical (unpaired) electrons. The number of rotatable bonds is 5. The minimum absolute atomic E-state index is 0.170. The lowest BCUT2D eigenvalue weighted by atomic mass is 10.1. The molecule has 0 aliphatic carbocycles. The summed E-state index contributed by atoms with van der Waals surface area (Å²) in [7, 11) is 0. The van der Waals surface area contributed by atoms with Gasteiger partial charge >= 0.3 is 0 Å². The highest BCUT2D eigenvalue weighted by Gasteiger charge is 2.23. The summed E-state index contributed by atoms with van der Waals surface area (Å²) in [6.07, 6.45) is 2.92. The highest BCUT2D eigenvalue weighted by atomic mass is 16.5. The van der Waals surface area contributed by atoms with Gasteiger partial charge in [0.2, 0.25) is 0 Å². The number of pyridine rings is 1. The van der Waals surface area contributed by atoms with E-state index in [4.69, 9.17) is 4.74 Å². The predicted molar refractivity (Wildman–Crippen MR) is 94.2 cm³/mol. The number of nitrogens with one attached hydrogen (secondary N) is 2. The summed E-state index contributed by atoms with van der Waals surface area (Å²) in [5.74, 6) is -0.386. The maximum Gasteiger partial charge on any atom is 0.253 e. The van der Waals surface area contributed by atoms with E-state index in [1.165, 1.54) is 0 Å². The summed E-state index contributed by atoms with van der Waals surface area (Å²) < 4.78 is 5.37. The van der Waals surface area contributed by atoms with E-state index < -0.39 is 6.10 Å². The minimum Gasteiger partial charge on any atom is -0.368 e. The third-order valence-electron chi connectivity index (χ3n) is 4.09. The summed E-state index contributed by atoms with van der Waals surface area (Å²) >= 11 is 0. The molecule has 2 heterocycles. The van der Waals surface area contributed by atoms with Crippen LogP contribution in [0.1, 0.15) is 41.9 Å². The smallest absolute Gasteiger partial charge is 0.253 e. The molecule has 2 atom stereocenters. The lowest BCUT2D eigenvalue weighted by Gasteiger charge is -2.14. The first-order chi connectivity index (χ1) is 12.1. The lowest BCUT2D eigenvalue weighted by Crippen LogP contribution is -2.28.